The molecule has 1 saturated heterocycles. The lowest BCUT2D eigenvalue weighted by Crippen LogP contribution is -2.29. The highest BCUT2D eigenvalue weighted by molar-refractivity contribution is 5.52. The Kier molecular flexibility index (Phi) is 5.79. The Labute approximate surface area is 135 Å². The zero-order chi connectivity index (χ0) is 17.0. The van der Waals surface area contributed by atoms with Gasteiger partial charge >= 0.3 is 6.36 Å². The molecule has 0 amide bonds. The monoisotopic (exact) mass is 331 g/mol. The van der Waals surface area contributed by atoms with E-state index in [1.54, 1.807) is 6.07 Å². The molecular formula is C17H24F3NO2. The zero-order valence-corrected chi connectivity index (χ0v) is 13.9. The highest BCUT2D eigenvalue weighted by Crippen LogP contribution is 2.40. The fourth-order valence-corrected chi connectivity index (χ4v) is 3.11. The normalized spacial score (nSPS) is 16.7. The molecule has 0 N–H and O–H groups in total. The molecule has 1 heterocycles. The molecule has 0 radical (unpaired) electrons. The van der Waals surface area contributed by atoms with Crippen LogP contribution >= 0.6 is 0 Å². The maximum absolute atomic E-state index is 12.6. The molecular weight excluding hydrogens is 307 g/mol. The minimum atomic E-state index is -4.71. The summed E-state index contributed by atoms with van der Waals surface area (Å²) >= 11 is 0. The molecule has 0 atom stereocenters. The van der Waals surface area contributed by atoms with Gasteiger partial charge in [-0.1, -0.05) is 26.3 Å². The van der Waals surface area contributed by atoms with Crippen LogP contribution < -0.4 is 9.47 Å². The molecule has 0 saturated carbocycles. The van der Waals surface area contributed by atoms with Gasteiger partial charge in [0.05, 0.1) is 7.11 Å². The lowest BCUT2D eigenvalue weighted by Gasteiger charge is -2.28. The van der Waals surface area contributed by atoms with Gasteiger partial charge < -0.3 is 9.47 Å². The standard InChI is InChI=1S/C17H24F3NO2/c1-12(2)15-14(23-17(18,19)20)8-7-13(16(15)22-3)11-21-9-5-4-6-10-21/h7-8,12H,4-6,9-11H2,1-3H3. The number of halogens is 3. The van der Waals surface area contributed by atoms with Crippen LogP contribution in [-0.2, 0) is 6.54 Å². The molecule has 1 aromatic rings. The summed E-state index contributed by atoms with van der Waals surface area (Å²) in [6.07, 6.45) is -1.14. The molecule has 2 rings (SSSR count). The lowest BCUT2D eigenvalue weighted by molar-refractivity contribution is -0.275. The van der Waals surface area contributed by atoms with Crippen molar-refractivity contribution in [2.75, 3.05) is 20.2 Å². The van der Waals surface area contributed by atoms with Gasteiger partial charge in [-0.05, 0) is 37.9 Å². The average molecular weight is 331 g/mol. The van der Waals surface area contributed by atoms with E-state index >= 15 is 0 Å². The summed E-state index contributed by atoms with van der Waals surface area (Å²) < 4.78 is 47.5. The minimum Gasteiger partial charge on any atom is -0.496 e. The molecule has 0 spiro atoms. The van der Waals surface area contributed by atoms with Crippen LogP contribution in [0.5, 0.6) is 11.5 Å². The maximum atomic E-state index is 12.6. The number of hydrogen-bond acceptors (Lipinski definition) is 3. The van der Waals surface area contributed by atoms with E-state index in [0.29, 0.717) is 17.9 Å². The third-order valence-electron chi connectivity index (χ3n) is 4.09. The second-order valence-corrected chi connectivity index (χ2v) is 6.21. The maximum Gasteiger partial charge on any atom is 0.573 e. The Hall–Kier alpha value is -1.43. The Morgan fingerprint density at radius 1 is 1.13 bits per heavy atom. The van der Waals surface area contributed by atoms with Crippen molar-refractivity contribution in [1.82, 2.24) is 4.90 Å². The molecule has 0 aromatic heterocycles. The number of methoxy groups -OCH3 is 1. The van der Waals surface area contributed by atoms with Gasteiger partial charge in [-0.15, -0.1) is 13.2 Å². The Balaban J connectivity index is 2.34. The summed E-state index contributed by atoms with van der Waals surface area (Å²) in [6, 6.07) is 3.09. The number of hydrogen-bond donors (Lipinski definition) is 0. The Morgan fingerprint density at radius 3 is 2.30 bits per heavy atom. The predicted molar refractivity (Wildman–Crippen MR) is 82.9 cm³/mol. The fraction of sp³-hybridized carbons (Fsp3) is 0.647. The first-order valence-corrected chi connectivity index (χ1v) is 7.99. The number of alkyl halides is 3. The summed E-state index contributed by atoms with van der Waals surface area (Å²) in [7, 11) is 1.50. The van der Waals surface area contributed by atoms with Crippen LogP contribution in [-0.4, -0.2) is 31.5 Å². The molecule has 0 unspecified atom stereocenters. The van der Waals surface area contributed by atoms with Crippen LogP contribution in [0.25, 0.3) is 0 Å². The van der Waals surface area contributed by atoms with E-state index in [2.05, 4.69) is 9.64 Å². The predicted octanol–water partition coefficient (Wildman–Crippen LogP) is 4.70. The van der Waals surface area contributed by atoms with Gasteiger partial charge in [-0.25, -0.2) is 0 Å². The van der Waals surface area contributed by atoms with Crippen molar-refractivity contribution < 1.29 is 22.6 Å². The number of rotatable bonds is 5. The van der Waals surface area contributed by atoms with Crippen LogP contribution in [0.15, 0.2) is 12.1 Å². The quantitative estimate of drug-likeness (QED) is 0.780. The zero-order valence-electron chi connectivity index (χ0n) is 13.9. The van der Waals surface area contributed by atoms with Gasteiger partial charge in [0.25, 0.3) is 0 Å². The first kappa shape index (κ1) is 17.9. The van der Waals surface area contributed by atoms with E-state index in [-0.39, 0.29) is 11.7 Å². The van der Waals surface area contributed by atoms with Crippen molar-refractivity contribution in [3.05, 3.63) is 23.3 Å². The van der Waals surface area contributed by atoms with Gasteiger partial charge in [0.2, 0.25) is 0 Å². The van der Waals surface area contributed by atoms with Gasteiger partial charge in [-0.3, -0.25) is 4.90 Å². The number of ether oxygens (including phenoxy) is 2. The minimum absolute atomic E-state index is 0.136. The largest absolute Gasteiger partial charge is 0.573 e. The lowest BCUT2D eigenvalue weighted by atomic mass is 9.97. The third-order valence-corrected chi connectivity index (χ3v) is 4.09. The molecule has 0 bridgehead atoms. The van der Waals surface area contributed by atoms with Gasteiger partial charge in [-0.2, -0.15) is 0 Å². The molecule has 0 aliphatic carbocycles. The highest BCUT2D eigenvalue weighted by Gasteiger charge is 2.33. The van der Waals surface area contributed by atoms with Crippen molar-refractivity contribution in [3.63, 3.8) is 0 Å². The molecule has 1 aliphatic rings. The van der Waals surface area contributed by atoms with E-state index in [0.717, 1.165) is 31.5 Å². The summed E-state index contributed by atoms with van der Waals surface area (Å²) in [5.41, 5.74) is 1.38. The van der Waals surface area contributed by atoms with Gasteiger partial charge in [0.15, 0.2) is 0 Å². The first-order valence-electron chi connectivity index (χ1n) is 7.99. The van der Waals surface area contributed by atoms with E-state index in [9.17, 15) is 13.2 Å². The molecule has 130 valence electrons. The summed E-state index contributed by atoms with van der Waals surface area (Å²) in [4.78, 5) is 2.32. The smallest absolute Gasteiger partial charge is 0.496 e. The highest BCUT2D eigenvalue weighted by atomic mass is 19.4. The van der Waals surface area contributed by atoms with Crippen LogP contribution in [0.3, 0.4) is 0 Å². The van der Waals surface area contributed by atoms with Crippen LogP contribution in [0, 0.1) is 0 Å². The number of piperidine rings is 1. The van der Waals surface area contributed by atoms with Crippen molar-refractivity contribution in [2.45, 2.75) is 51.9 Å². The molecule has 1 aliphatic heterocycles. The SMILES string of the molecule is COc1c(CN2CCCCC2)ccc(OC(F)(F)F)c1C(C)C. The van der Waals surface area contributed by atoms with E-state index in [4.69, 9.17) is 4.74 Å². The number of likely N-dealkylation sites (tertiary alicyclic amines) is 1. The van der Waals surface area contributed by atoms with Crippen molar-refractivity contribution in [2.24, 2.45) is 0 Å². The summed E-state index contributed by atoms with van der Waals surface area (Å²) in [5, 5.41) is 0. The third kappa shape index (κ3) is 4.77. The molecule has 3 nitrogen and oxygen atoms in total. The van der Waals surface area contributed by atoms with Crippen LogP contribution in [0.2, 0.25) is 0 Å². The Bertz CT molecular complexity index is 523. The molecule has 1 fully saturated rings. The second kappa shape index (κ2) is 7.43. The topological polar surface area (TPSA) is 21.7 Å². The Morgan fingerprint density at radius 2 is 1.78 bits per heavy atom. The second-order valence-electron chi connectivity index (χ2n) is 6.21. The van der Waals surface area contributed by atoms with Gasteiger partial charge in [0.1, 0.15) is 11.5 Å². The molecule has 6 heteroatoms. The van der Waals surface area contributed by atoms with E-state index in [1.807, 2.05) is 13.8 Å². The average Bonchev–Trinajstić information content (AvgIpc) is 2.47. The van der Waals surface area contributed by atoms with Gasteiger partial charge in [0, 0.05) is 17.7 Å². The molecule has 23 heavy (non-hydrogen) atoms. The van der Waals surface area contributed by atoms with Crippen LogP contribution in [0.4, 0.5) is 13.2 Å². The molecule has 1 aromatic carbocycles. The summed E-state index contributed by atoms with van der Waals surface area (Å²) in [6.45, 7) is 6.40. The van der Waals surface area contributed by atoms with Crippen molar-refractivity contribution >= 4 is 0 Å². The summed E-state index contributed by atoms with van der Waals surface area (Å²) in [5.74, 6) is 0.197. The first-order chi connectivity index (χ1) is 10.8. The van der Waals surface area contributed by atoms with E-state index < -0.39 is 6.36 Å². The van der Waals surface area contributed by atoms with Crippen molar-refractivity contribution in [1.29, 1.82) is 0 Å². The van der Waals surface area contributed by atoms with Crippen molar-refractivity contribution in [3.8, 4) is 11.5 Å². The number of nitrogens with zero attached hydrogens (tertiary/aromatic N) is 1. The number of benzene rings is 1. The van der Waals surface area contributed by atoms with E-state index in [1.165, 1.54) is 19.6 Å². The fourth-order valence-electron chi connectivity index (χ4n) is 3.11. The van der Waals surface area contributed by atoms with Crippen LogP contribution in [0.1, 0.15) is 50.2 Å².